The van der Waals surface area contributed by atoms with Crippen LogP contribution in [0.25, 0.3) is 0 Å². The zero-order chi connectivity index (χ0) is 11.4. The summed E-state index contributed by atoms with van der Waals surface area (Å²) in [6.07, 6.45) is 2.22. The summed E-state index contributed by atoms with van der Waals surface area (Å²) in [6, 6.07) is 0.497. The molecule has 0 atom stereocenters. The summed E-state index contributed by atoms with van der Waals surface area (Å²) in [4.78, 5) is 15.0. The van der Waals surface area contributed by atoms with Gasteiger partial charge in [0.2, 0.25) is 0 Å². The summed E-state index contributed by atoms with van der Waals surface area (Å²) in [5.41, 5.74) is 0.274. The molecule has 0 aromatic carbocycles. The molecule has 0 unspecified atom stereocenters. The molecule has 1 fully saturated rings. The third-order valence-electron chi connectivity index (χ3n) is 3.05. The first-order valence-corrected chi connectivity index (χ1v) is 5.30. The summed E-state index contributed by atoms with van der Waals surface area (Å²) in [7, 11) is 4.09. The van der Waals surface area contributed by atoms with Crippen LogP contribution in [0.4, 0.5) is 0 Å². The maximum atomic E-state index is 10.6. The van der Waals surface area contributed by atoms with Crippen LogP contribution in [0.5, 0.6) is 0 Å². The number of likely N-dealkylation sites (N-methyl/N-ethyl adjacent to an activating group) is 1. The van der Waals surface area contributed by atoms with Crippen LogP contribution in [-0.2, 0) is 4.79 Å². The second-order valence-corrected chi connectivity index (χ2v) is 4.36. The van der Waals surface area contributed by atoms with Crippen molar-refractivity contribution in [1.29, 1.82) is 0 Å². The third kappa shape index (κ3) is 3.64. The molecule has 1 aliphatic rings. The average Bonchev–Trinajstić information content (AvgIpc) is 2.18. The van der Waals surface area contributed by atoms with Crippen LogP contribution >= 0.6 is 0 Å². The highest BCUT2D eigenvalue weighted by Gasteiger charge is 2.21. The minimum atomic E-state index is -0.894. The Morgan fingerprint density at radius 1 is 1.53 bits per heavy atom. The number of rotatable bonds is 4. The molecule has 15 heavy (non-hydrogen) atoms. The van der Waals surface area contributed by atoms with Crippen molar-refractivity contribution in [3.05, 3.63) is 12.2 Å². The molecule has 0 amide bonds. The highest BCUT2D eigenvalue weighted by Crippen LogP contribution is 2.14. The van der Waals surface area contributed by atoms with E-state index in [4.69, 9.17) is 5.11 Å². The van der Waals surface area contributed by atoms with E-state index in [1.165, 1.54) is 0 Å². The lowest BCUT2D eigenvalue weighted by molar-refractivity contribution is -0.132. The molecular weight excluding hydrogens is 192 g/mol. The number of carbonyl (C=O) groups is 1. The van der Waals surface area contributed by atoms with Gasteiger partial charge in [-0.1, -0.05) is 6.58 Å². The van der Waals surface area contributed by atoms with Crippen LogP contribution in [0.2, 0.25) is 0 Å². The smallest absolute Gasteiger partial charge is 0.332 e. The third-order valence-corrected chi connectivity index (χ3v) is 3.05. The van der Waals surface area contributed by atoms with E-state index in [1.54, 1.807) is 0 Å². The van der Waals surface area contributed by atoms with E-state index in [0.29, 0.717) is 12.6 Å². The van der Waals surface area contributed by atoms with Crippen molar-refractivity contribution in [2.24, 2.45) is 0 Å². The average molecular weight is 212 g/mol. The fourth-order valence-corrected chi connectivity index (χ4v) is 1.93. The van der Waals surface area contributed by atoms with Crippen LogP contribution in [0.1, 0.15) is 12.8 Å². The SMILES string of the molecule is C=C(CN(C)C1CCN(C)CC1)C(=O)O. The van der Waals surface area contributed by atoms with E-state index in [9.17, 15) is 4.79 Å². The van der Waals surface area contributed by atoms with E-state index in [-0.39, 0.29) is 5.57 Å². The standard InChI is InChI=1S/C11H20N2O2/c1-9(11(14)15)8-13(3)10-4-6-12(2)7-5-10/h10H,1,4-8H2,2-3H3,(H,14,15). The first kappa shape index (κ1) is 12.2. The Morgan fingerprint density at radius 3 is 2.53 bits per heavy atom. The maximum absolute atomic E-state index is 10.6. The first-order valence-electron chi connectivity index (χ1n) is 5.30. The molecule has 0 aromatic heterocycles. The molecule has 0 spiro atoms. The van der Waals surface area contributed by atoms with Gasteiger partial charge in [-0.2, -0.15) is 0 Å². The van der Waals surface area contributed by atoms with E-state index in [1.807, 2.05) is 7.05 Å². The van der Waals surface area contributed by atoms with Crippen LogP contribution in [0, 0.1) is 0 Å². The molecule has 1 heterocycles. The fourth-order valence-electron chi connectivity index (χ4n) is 1.93. The largest absolute Gasteiger partial charge is 0.478 e. The molecule has 1 N–H and O–H groups in total. The first-order chi connectivity index (χ1) is 7.00. The Labute approximate surface area is 91.2 Å². The number of nitrogens with zero attached hydrogens (tertiary/aromatic N) is 2. The van der Waals surface area contributed by atoms with Crippen LogP contribution in [0.3, 0.4) is 0 Å². The Hall–Kier alpha value is -0.870. The molecule has 4 heteroatoms. The predicted octanol–water partition coefficient (Wildman–Crippen LogP) is 0.653. The van der Waals surface area contributed by atoms with Crippen LogP contribution in [0.15, 0.2) is 12.2 Å². The van der Waals surface area contributed by atoms with Crippen LogP contribution in [-0.4, -0.2) is 60.6 Å². The Morgan fingerprint density at radius 2 is 2.07 bits per heavy atom. The predicted molar refractivity (Wildman–Crippen MR) is 59.9 cm³/mol. The lowest BCUT2D eigenvalue weighted by Crippen LogP contribution is -2.42. The van der Waals surface area contributed by atoms with Crippen molar-refractivity contribution in [2.75, 3.05) is 33.7 Å². The summed E-state index contributed by atoms with van der Waals surface area (Å²) < 4.78 is 0. The quantitative estimate of drug-likeness (QED) is 0.695. The topological polar surface area (TPSA) is 43.8 Å². The Kier molecular flexibility index (Phi) is 4.29. The van der Waals surface area contributed by atoms with Gasteiger partial charge in [-0.3, -0.25) is 4.90 Å². The van der Waals surface area contributed by atoms with Crippen LogP contribution < -0.4 is 0 Å². The zero-order valence-electron chi connectivity index (χ0n) is 9.57. The molecule has 4 nitrogen and oxygen atoms in total. The number of carboxylic acids is 1. The molecule has 1 saturated heterocycles. The molecule has 1 rings (SSSR count). The Balaban J connectivity index is 2.37. The Bertz CT molecular complexity index is 245. The summed E-state index contributed by atoms with van der Waals surface area (Å²) in [5, 5.41) is 8.74. The van der Waals surface area contributed by atoms with E-state index < -0.39 is 5.97 Å². The molecule has 0 saturated carbocycles. The minimum absolute atomic E-state index is 0.274. The summed E-state index contributed by atoms with van der Waals surface area (Å²) >= 11 is 0. The van der Waals surface area contributed by atoms with Crippen molar-refractivity contribution in [2.45, 2.75) is 18.9 Å². The molecule has 86 valence electrons. The van der Waals surface area contributed by atoms with Gasteiger partial charge in [-0.05, 0) is 40.0 Å². The van der Waals surface area contributed by atoms with Crippen molar-refractivity contribution >= 4 is 5.97 Å². The maximum Gasteiger partial charge on any atom is 0.332 e. The number of hydrogen-bond donors (Lipinski definition) is 1. The number of hydrogen-bond acceptors (Lipinski definition) is 3. The molecule has 0 aliphatic carbocycles. The van der Waals surface area contributed by atoms with E-state index in [2.05, 4.69) is 23.4 Å². The van der Waals surface area contributed by atoms with Gasteiger partial charge in [-0.15, -0.1) is 0 Å². The number of carboxylic acid groups (broad SMARTS) is 1. The van der Waals surface area contributed by atoms with Crippen molar-refractivity contribution in [3.63, 3.8) is 0 Å². The highest BCUT2D eigenvalue weighted by atomic mass is 16.4. The fraction of sp³-hybridized carbons (Fsp3) is 0.727. The highest BCUT2D eigenvalue weighted by molar-refractivity contribution is 5.86. The van der Waals surface area contributed by atoms with Crippen molar-refractivity contribution in [1.82, 2.24) is 9.80 Å². The zero-order valence-corrected chi connectivity index (χ0v) is 9.57. The number of piperidine rings is 1. The summed E-state index contributed by atoms with van der Waals surface area (Å²) in [6.45, 7) is 6.20. The van der Waals surface area contributed by atoms with Gasteiger partial charge < -0.3 is 10.0 Å². The monoisotopic (exact) mass is 212 g/mol. The lowest BCUT2D eigenvalue weighted by Gasteiger charge is -2.35. The van der Waals surface area contributed by atoms with E-state index in [0.717, 1.165) is 25.9 Å². The van der Waals surface area contributed by atoms with Crippen molar-refractivity contribution < 1.29 is 9.90 Å². The second-order valence-electron chi connectivity index (χ2n) is 4.36. The van der Waals surface area contributed by atoms with Gasteiger partial charge in [0.15, 0.2) is 0 Å². The summed E-state index contributed by atoms with van der Waals surface area (Å²) in [5.74, 6) is -0.894. The molecule has 0 bridgehead atoms. The van der Waals surface area contributed by atoms with Crippen molar-refractivity contribution in [3.8, 4) is 0 Å². The normalized spacial score (nSPS) is 19.4. The molecule has 1 aliphatic heterocycles. The van der Waals surface area contributed by atoms with Gasteiger partial charge >= 0.3 is 5.97 Å². The minimum Gasteiger partial charge on any atom is -0.478 e. The van der Waals surface area contributed by atoms with Gasteiger partial charge in [0.05, 0.1) is 0 Å². The van der Waals surface area contributed by atoms with Gasteiger partial charge in [0.25, 0.3) is 0 Å². The number of likely N-dealkylation sites (tertiary alicyclic amines) is 1. The second kappa shape index (κ2) is 5.28. The lowest BCUT2D eigenvalue weighted by atomic mass is 10.0. The molecule has 0 aromatic rings. The van der Waals surface area contributed by atoms with E-state index >= 15 is 0 Å². The molecule has 0 radical (unpaired) electrons. The molecular formula is C11H20N2O2. The number of aliphatic carboxylic acids is 1. The van der Waals surface area contributed by atoms with Gasteiger partial charge in [0, 0.05) is 18.2 Å². The van der Waals surface area contributed by atoms with Gasteiger partial charge in [-0.25, -0.2) is 4.79 Å². The van der Waals surface area contributed by atoms with Gasteiger partial charge in [0.1, 0.15) is 0 Å².